The Hall–Kier alpha value is -4.65. The molecule has 0 saturated carbocycles. The summed E-state index contributed by atoms with van der Waals surface area (Å²) >= 11 is 0. The molecule has 0 atom stereocenters. The summed E-state index contributed by atoms with van der Waals surface area (Å²) in [5, 5.41) is 12.0. The number of carbonyl (C=O) groups excluding carboxylic acids is 1. The van der Waals surface area contributed by atoms with Gasteiger partial charge < -0.3 is 14.8 Å². The van der Waals surface area contributed by atoms with Crippen molar-refractivity contribution in [1.29, 1.82) is 0 Å². The monoisotopic (exact) mass is 450 g/mol. The maximum absolute atomic E-state index is 12.8. The van der Waals surface area contributed by atoms with Crippen molar-refractivity contribution >= 4 is 22.6 Å². The molecule has 1 amide bonds. The molecule has 0 unspecified atom stereocenters. The number of hydrogen-bond donors (Lipinski definition) is 1. The molecule has 0 radical (unpaired) electrons. The zero-order valence-corrected chi connectivity index (χ0v) is 18.5. The van der Waals surface area contributed by atoms with E-state index in [1.807, 2.05) is 72.8 Å². The van der Waals surface area contributed by atoms with Crippen LogP contribution in [0, 0.1) is 0 Å². The third-order valence-electron chi connectivity index (χ3n) is 5.29. The molecule has 5 rings (SSSR count). The van der Waals surface area contributed by atoms with Crippen molar-refractivity contribution < 1.29 is 14.3 Å². The number of ether oxygens (including phenoxy) is 2. The van der Waals surface area contributed by atoms with Crippen molar-refractivity contribution in [3.63, 3.8) is 0 Å². The Balaban J connectivity index is 1.29. The van der Waals surface area contributed by atoms with Gasteiger partial charge in [0.1, 0.15) is 29.1 Å². The third kappa shape index (κ3) is 4.73. The first-order valence-corrected chi connectivity index (χ1v) is 10.8. The van der Waals surface area contributed by atoms with Crippen LogP contribution in [0.3, 0.4) is 0 Å². The normalized spacial score (nSPS) is 10.7. The zero-order chi connectivity index (χ0) is 23.3. The molecule has 168 valence electrons. The van der Waals surface area contributed by atoms with Crippen LogP contribution in [0.25, 0.3) is 16.7 Å². The van der Waals surface area contributed by atoms with Crippen LogP contribution in [0.4, 0.5) is 5.69 Å². The zero-order valence-electron chi connectivity index (χ0n) is 18.5. The van der Waals surface area contributed by atoms with Crippen LogP contribution in [0.15, 0.2) is 97.1 Å². The van der Waals surface area contributed by atoms with Crippen LogP contribution < -0.4 is 14.8 Å². The Bertz CT molecular complexity index is 1430. The highest BCUT2D eigenvalue weighted by atomic mass is 16.5. The molecule has 0 spiro atoms. The number of amides is 1. The molecule has 0 fully saturated rings. The van der Waals surface area contributed by atoms with Gasteiger partial charge in [-0.1, -0.05) is 36.4 Å². The van der Waals surface area contributed by atoms with Crippen LogP contribution >= 0.6 is 0 Å². The largest absolute Gasteiger partial charge is 0.497 e. The van der Waals surface area contributed by atoms with E-state index < -0.39 is 0 Å². The summed E-state index contributed by atoms with van der Waals surface area (Å²) in [6.07, 6.45) is 0. The lowest BCUT2D eigenvalue weighted by Crippen LogP contribution is -2.12. The average molecular weight is 450 g/mol. The number of carbonyl (C=O) groups is 1. The number of benzene rings is 4. The Morgan fingerprint density at radius 3 is 2.41 bits per heavy atom. The molecular formula is C27H22N4O3. The molecule has 4 aromatic carbocycles. The van der Waals surface area contributed by atoms with Crippen molar-refractivity contribution in [2.24, 2.45) is 0 Å². The summed E-state index contributed by atoms with van der Waals surface area (Å²) in [6.45, 7) is 0.437. The highest BCUT2D eigenvalue weighted by molar-refractivity contribution is 6.05. The van der Waals surface area contributed by atoms with Gasteiger partial charge in [-0.05, 0) is 66.2 Å². The minimum absolute atomic E-state index is 0.230. The number of methoxy groups -OCH3 is 1. The maximum Gasteiger partial charge on any atom is 0.255 e. The first-order chi connectivity index (χ1) is 16.7. The van der Waals surface area contributed by atoms with Crippen LogP contribution in [0.2, 0.25) is 0 Å². The third-order valence-corrected chi connectivity index (χ3v) is 5.29. The number of nitrogens with one attached hydrogen (secondary N) is 1. The predicted octanol–water partition coefficient (Wildman–Crippen LogP) is 5.26. The van der Waals surface area contributed by atoms with Crippen molar-refractivity contribution in [3.8, 4) is 17.2 Å². The lowest BCUT2D eigenvalue weighted by molar-refractivity contribution is 0.102. The molecule has 1 N–H and O–H groups in total. The van der Waals surface area contributed by atoms with E-state index in [2.05, 4.69) is 15.5 Å². The number of aromatic nitrogens is 3. The van der Waals surface area contributed by atoms with E-state index in [1.54, 1.807) is 36.2 Å². The molecule has 0 aliphatic carbocycles. The van der Waals surface area contributed by atoms with Gasteiger partial charge in [0.25, 0.3) is 5.91 Å². The molecule has 34 heavy (non-hydrogen) atoms. The number of fused-ring (bicyclic) bond motifs is 1. The van der Waals surface area contributed by atoms with Gasteiger partial charge in [0.05, 0.1) is 12.8 Å². The smallest absolute Gasteiger partial charge is 0.255 e. The molecule has 0 bridgehead atoms. The average Bonchev–Trinajstić information content (AvgIpc) is 3.32. The standard InChI is InChI=1S/C27H22N4O3/c1-33-23-13-11-22(12-14-23)31-29-25-15-10-21(17-26(25)30-31)28-27(32)20-8-5-9-24(16-20)34-18-19-6-3-2-4-7-19/h2-17H,18H2,1H3,(H,28,32). The topological polar surface area (TPSA) is 78.3 Å². The minimum atomic E-state index is -0.230. The molecular weight excluding hydrogens is 428 g/mol. The number of nitrogens with zero attached hydrogens (tertiary/aromatic N) is 3. The second-order valence-electron chi connectivity index (χ2n) is 7.65. The van der Waals surface area contributed by atoms with Gasteiger partial charge in [0.2, 0.25) is 0 Å². The van der Waals surface area contributed by atoms with Gasteiger partial charge in [-0.3, -0.25) is 4.79 Å². The van der Waals surface area contributed by atoms with E-state index in [-0.39, 0.29) is 5.91 Å². The maximum atomic E-state index is 12.8. The van der Waals surface area contributed by atoms with Gasteiger partial charge >= 0.3 is 0 Å². The number of rotatable bonds is 7. The Morgan fingerprint density at radius 1 is 0.824 bits per heavy atom. The highest BCUT2D eigenvalue weighted by Crippen LogP contribution is 2.21. The Labute approximate surface area is 196 Å². The predicted molar refractivity (Wildman–Crippen MR) is 131 cm³/mol. The molecule has 0 aliphatic heterocycles. The van der Waals surface area contributed by atoms with Gasteiger partial charge in [0.15, 0.2) is 0 Å². The van der Waals surface area contributed by atoms with E-state index in [0.717, 1.165) is 22.5 Å². The van der Waals surface area contributed by atoms with Crippen molar-refractivity contribution in [2.75, 3.05) is 12.4 Å². The lowest BCUT2D eigenvalue weighted by Gasteiger charge is -2.09. The molecule has 0 saturated heterocycles. The fourth-order valence-corrected chi connectivity index (χ4v) is 3.49. The summed E-state index contributed by atoms with van der Waals surface area (Å²) in [5.41, 5.74) is 4.42. The second kappa shape index (κ2) is 9.46. The van der Waals surface area contributed by atoms with Crippen LogP contribution in [-0.4, -0.2) is 28.0 Å². The van der Waals surface area contributed by atoms with Crippen molar-refractivity contribution in [1.82, 2.24) is 15.0 Å². The van der Waals surface area contributed by atoms with Crippen LogP contribution in [0.1, 0.15) is 15.9 Å². The molecule has 0 aliphatic rings. The Kier molecular flexibility index (Phi) is 5.90. The fraction of sp³-hybridized carbons (Fsp3) is 0.0741. The first kappa shape index (κ1) is 21.2. The molecule has 1 aromatic heterocycles. The first-order valence-electron chi connectivity index (χ1n) is 10.8. The summed E-state index contributed by atoms with van der Waals surface area (Å²) in [5.74, 6) is 1.17. The SMILES string of the molecule is COc1ccc(-n2nc3ccc(NC(=O)c4cccc(OCc5ccccc5)c4)cc3n2)cc1. The molecule has 5 aromatic rings. The van der Waals surface area contributed by atoms with E-state index in [1.165, 1.54) is 0 Å². The quantitative estimate of drug-likeness (QED) is 0.366. The highest BCUT2D eigenvalue weighted by Gasteiger charge is 2.10. The molecule has 7 nitrogen and oxygen atoms in total. The van der Waals surface area contributed by atoms with E-state index >= 15 is 0 Å². The second-order valence-corrected chi connectivity index (χ2v) is 7.65. The summed E-state index contributed by atoms with van der Waals surface area (Å²) in [6, 6.07) is 29.9. The number of hydrogen-bond acceptors (Lipinski definition) is 5. The number of anilines is 1. The van der Waals surface area contributed by atoms with E-state index in [4.69, 9.17) is 9.47 Å². The van der Waals surface area contributed by atoms with Crippen LogP contribution in [-0.2, 0) is 6.61 Å². The minimum Gasteiger partial charge on any atom is -0.497 e. The van der Waals surface area contributed by atoms with Crippen molar-refractivity contribution in [2.45, 2.75) is 6.61 Å². The fourth-order valence-electron chi connectivity index (χ4n) is 3.49. The summed E-state index contributed by atoms with van der Waals surface area (Å²) < 4.78 is 11.0. The van der Waals surface area contributed by atoms with E-state index in [9.17, 15) is 4.79 Å². The van der Waals surface area contributed by atoms with Gasteiger partial charge in [0, 0.05) is 11.3 Å². The van der Waals surface area contributed by atoms with Gasteiger partial charge in [-0.2, -0.15) is 4.80 Å². The van der Waals surface area contributed by atoms with Crippen LogP contribution in [0.5, 0.6) is 11.5 Å². The molecule has 1 heterocycles. The molecule has 7 heteroatoms. The Morgan fingerprint density at radius 2 is 1.62 bits per heavy atom. The van der Waals surface area contributed by atoms with E-state index in [0.29, 0.717) is 29.1 Å². The summed E-state index contributed by atoms with van der Waals surface area (Å²) in [4.78, 5) is 14.4. The van der Waals surface area contributed by atoms with Gasteiger partial charge in [-0.25, -0.2) is 0 Å². The summed E-state index contributed by atoms with van der Waals surface area (Å²) in [7, 11) is 1.62. The van der Waals surface area contributed by atoms with Crippen molar-refractivity contribution in [3.05, 3.63) is 108 Å². The van der Waals surface area contributed by atoms with Gasteiger partial charge in [-0.15, -0.1) is 10.2 Å². The lowest BCUT2D eigenvalue weighted by atomic mass is 10.2.